The Labute approximate surface area is 74.5 Å². The van der Waals surface area contributed by atoms with E-state index in [0.717, 1.165) is 38.7 Å². The van der Waals surface area contributed by atoms with E-state index in [2.05, 4.69) is 13.0 Å². The molecular weight excluding hydrogens is 150 g/mol. The second-order valence-corrected chi connectivity index (χ2v) is 3.52. The largest absolute Gasteiger partial charge is 0.360 e. The molecule has 68 valence electrons. The monoisotopic (exact) mass is 167 g/mol. The van der Waals surface area contributed by atoms with Gasteiger partial charge in [0.25, 0.3) is 0 Å². The fraction of sp³-hybridized carbons (Fsp3) is 0.900. The van der Waals surface area contributed by atoms with E-state index in [1.165, 1.54) is 6.42 Å². The standard InChI is InChI=1S/C10H17NO/c1-2-8-12-10(9-11)6-4-3-5-7-10/h2-8H2,1H3. The lowest BCUT2D eigenvalue weighted by Gasteiger charge is -2.30. The summed E-state index contributed by atoms with van der Waals surface area (Å²) in [5, 5.41) is 8.99. The Kier molecular flexibility index (Phi) is 3.55. The van der Waals surface area contributed by atoms with Crippen molar-refractivity contribution in [3.63, 3.8) is 0 Å². The molecule has 2 heteroatoms. The van der Waals surface area contributed by atoms with Gasteiger partial charge in [0.15, 0.2) is 5.60 Å². The van der Waals surface area contributed by atoms with E-state index in [9.17, 15) is 0 Å². The van der Waals surface area contributed by atoms with Crippen LogP contribution in [0.4, 0.5) is 0 Å². The van der Waals surface area contributed by atoms with Crippen LogP contribution in [0.3, 0.4) is 0 Å². The van der Waals surface area contributed by atoms with Gasteiger partial charge in [0, 0.05) is 6.61 Å². The van der Waals surface area contributed by atoms with Crippen LogP contribution in [-0.2, 0) is 4.74 Å². The average Bonchev–Trinajstić information content (AvgIpc) is 2.16. The fourth-order valence-corrected chi connectivity index (χ4v) is 1.71. The molecular formula is C10H17NO. The zero-order chi connectivity index (χ0) is 8.86. The number of hydrogen-bond acceptors (Lipinski definition) is 2. The maximum atomic E-state index is 8.99. The van der Waals surface area contributed by atoms with Crippen LogP contribution < -0.4 is 0 Å². The topological polar surface area (TPSA) is 33.0 Å². The van der Waals surface area contributed by atoms with Crippen LogP contribution in [0, 0.1) is 11.3 Å². The Balaban J connectivity index is 2.44. The first kappa shape index (κ1) is 9.54. The third-order valence-corrected chi connectivity index (χ3v) is 2.45. The molecule has 0 aromatic rings. The molecule has 0 N–H and O–H groups in total. The number of nitriles is 1. The molecule has 0 amide bonds. The third kappa shape index (κ3) is 2.22. The molecule has 1 aliphatic rings. The molecule has 0 heterocycles. The van der Waals surface area contributed by atoms with Crippen molar-refractivity contribution in [3.05, 3.63) is 0 Å². The van der Waals surface area contributed by atoms with Crippen LogP contribution in [0.2, 0.25) is 0 Å². The molecule has 0 unspecified atom stereocenters. The lowest BCUT2D eigenvalue weighted by molar-refractivity contribution is -0.0271. The summed E-state index contributed by atoms with van der Waals surface area (Å²) in [6, 6.07) is 2.33. The molecule has 1 saturated carbocycles. The fourth-order valence-electron chi connectivity index (χ4n) is 1.71. The second-order valence-electron chi connectivity index (χ2n) is 3.52. The van der Waals surface area contributed by atoms with Crippen LogP contribution in [0.25, 0.3) is 0 Å². The summed E-state index contributed by atoms with van der Waals surface area (Å²) in [7, 11) is 0. The van der Waals surface area contributed by atoms with Crippen LogP contribution >= 0.6 is 0 Å². The minimum Gasteiger partial charge on any atom is -0.360 e. The molecule has 1 aliphatic carbocycles. The summed E-state index contributed by atoms with van der Waals surface area (Å²) in [5.41, 5.74) is -0.422. The molecule has 0 spiro atoms. The lowest BCUT2D eigenvalue weighted by atomic mass is 9.86. The molecule has 0 atom stereocenters. The minimum atomic E-state index is -0.422. The third-order valence-electron chi connectivity index (χ3n) is 2.45. The maximum absolute atomic E-state index is 8.99. The summed E-state index contributed by atoms with van der Waals surface area (Å²) >= 11 is 0. The number of ether oxygens (including phenoxy) is 1. The Morgan fingerprint density at radius 2 is 2.00 bits per heavy atom. The molecule has 1 rings (SSSR count). The van der Waals surface area contributed by atoms with E-state index in [1.807, 2.05) is 0 Å². The first-order valence-corrected chi connectivity index (χ1v) is 4.88. The van der Waals surface area contributed by atoms with Crippen LogP contribution in [-0.4, -0.2) is 12.2 Å². The van der Waals surface area contributed by atoms with Crippen molar-refractivity contribution in [1.82, 2.24) is 0 Å². The van der Waals surface area contributed by atoms with Gasteiger partial charge < -0.3 is 4.74 Å². The molecule has 0 aromatic carbocycles. The van der Waals surface area contributed by atoms with Gasteiger partial charge in [-0.25, -0.2) is 0 Å². The predicted octanol–water partition coefficient (Wildman–Crippen LogP) is 2.64. The summed E-state index contributed by atoms with van der Waals surface area (Å²) in [5.74, 6) is 0. The smallest absolute Gasteiger partial charge is 0.154 e. The zero-order valence-corrected chi connectivity index (χ0v) is 7.81. The highest BCUT2D eigenvalue weighted by molar-refractivity contribution is 5.03. The number of hydrogen-bond donors (Lipinski definition) is 0. The first-order valence-electron chi connectivity index (χ1n) is 4.88. The summed E-state index contributed by atoms with van der Waals surface area (Å²) < 4.78 is 5.61. The normalized spacial score (nSPS) is 21.7. The van der Waals surface area contributed by atoms with Gasteiger partial charge >= 0.3 is 0 Å². The molecule has 2 nitrogen and oxygen atoms in total. The zero-order valence-electron chi connectivity index (χ0n) is 7.81. The molecule has 0 saturated heterocycles. The predicted molar refractivity (Wildman–Crippen MR) is 47.7 cm³/mol. The van der Waals surface area contributed by atoms with Gasteiger partial charge in [-0.3, -0.25) is 0 Å². The van der Waals surface area contributed by atoms with Crippen molar-refractivity contribution in [2.75, 3.05) is 6.61 Å². The van der Waals surface area contributed by atoms with Crippen molar-refractivity contribution in [2.24, 2.45) is 0 Å². The Morgan fingerprint density at radius 1 is 1.33 bits per heavy atom. The van der Waals surface area contributed by atoms with Crippen molar-refractivity contribution < 1.29 is 4.74 Å². The molecule has 0 radical (unpaired) electrons. The highest BCUT2D eigenvalue weighted by Gasteiger charge is 2.32. The SMILES string of the molecule is CCCOC1(C#N)CCCCC1. The van der Waals surface area contributed by atoms with Crippen LogP contribution in [0.15, 0.2) is 0 Å². The van der Waals surface area contributed by atoms with Gasteiger partial charge in [-0.1, -0.05) is 13.3 Å². The van der Waals surface area contributed by atoms with Gasteiger partial charge in [-0.15, -0.1) is 0 Å². The number of rotatable bonds is 3. The van der Waals surface area contributed by atoms with Gasteiger partial charge in [-0.05, 0) is 32.1 Å². The molecule has 0 bridgehead atoms. The quantitative estimate of drug-likeness (QED) is 0.647. The maximum Gasteiger partial charge on any atom is 0.154 e. The van der Waals surface area contributed by atoms with Crippen molar-refractivity contribution in [2.45, 2.75) is 51.0 Å². The van der Waals surface area contributed by atoms with E-state index in [1.54, 1.807) is 0 Å². The summed E-state index contributed by atoms with van der Waals surface area (Å²) in [6.07, 6.45) is 6.43. The number of nitrogens with zero attached hydrogens (tertiary/aromatic N) is 1. The van der Waals surface area contributed by atoms with Crippen LogP contribution in [0.1, 0.15) is 45.4 Å². The van der Waals surface area contributed by atoms with Gasteiger partial charge in [0.1, 0.15) is 0 Å². The molecule has 1 fully saturated rings. The highest BCUT2D eigenvalue weighted by Crippen LogP contribution is 2.30. The summed E-state index contributed by atoms with van der Waals surface area (Å²) in [6.45, 7) is 2.81. The molecule has 12 heavy (non-hydrogen) atoms. The van der Waals surface area contributed by atoms with Gasteiger partial charge in [0.2, 0.25) is 0 Å². The minimum absolute atomic E-state index is 0.422. The van der Waals surface area contributed by atoms with E-state index in [0.29, 0.717) is 0 Å². The lowest BCUT2D eigenvalue weighted by Crippen LogP contribution is -2.33. The van der Waals surface area contributed by atoms with E-state index in [-0.39, 0.29) is 0 Å². The molecule has 0 aromatic heterocycles. The second kappa shape index (κ2) is 4.47. The van der Waals surface area contributed by atoms with Crippen molar-refractivity contribution >= 4 is 0 Å². The van der Waals surface area contributed by atoms with Gasteiger partial charge in [-0.2, -0.15) is 5.26 Å². The first-order chi connectivity index (χ1) is 5.83. The van der Waals surface area contributed by atoms with E-state index < -0.39 is 5.60 Å². The Bertz CT molecular complexity index is 165. The average molecular weight is 167 g/mol. The molecule has 0 aliphatic heterocycles. The van der Waals surface area contributed by atoms with E-state index in [4.69, 9.17) is 10.00 Å². The summed E-state index contributed by atoms with van der Waals surface area (Å²) in [4.78, 5) is 0. The Hall–Kier alpha value is -0.550. The van der Waals surface area contributed by atoms with Crippen molar-refractivity contribution in [1.29, 1.82) is 5.26 Å². The Morgan fingerprint density at radius 3 is 2.50 bits per heavy atom. The van der Waals surface area contributed by atoms with Gasteiger partial charge in [0.05, 0.1) is 6.07 Å². The highest BCUT2D eigenvalue weighted by atomic mass is 16.5. The van der Waals surface area contributed by atoms with Crippen molar-refractivity contribution in [3.8, 4) is 6.07 Å². The van der Waals surface area contributed by atoms with Crippen LogP contribution in [0.5, 0.6) is 0 Å². The van der Waals surface area contributed by atoms with E-state index >= 15 is 0 Å².